The van der Waals surface area contributed by atoms with Crippen LogP contribution in [0.25, 0.3) is 11.1 Å². The number of pyridine rings is 1. The second kappa shape index (κ2) is 11.1. The molecule has 0 radical (unpaired) electrons. The summed E-state index contributed by atoms with van der Waals surface area (Å²) in [6, 6.07) is 12.5. The van der Waals surface area contributed by atoms with E-state index in [9.17, 15) is 22.4 Å². The molecule has 0 saturated heterocycles. The van der Waals surface area contributed by atoms with E-state index in [0.717, 1.165) is 12.1 Å². The van der Waals surface area contributed by atoms with Crippen molar-refractivity contribution in [3.63, 3.8) is 0 Å². The van der Waals surface area contributed by atoms with E-state index in [-0.39, 0.29) is 24.0 Å². The van der Waals surface area contributed by atoms with Crippen LogP contribution in [0, 0.1) is 17.6 Å². The van der Waals surface area contributed by atoms with Crippen molar-refractivity contribution in [3.8, 4) is 16.9 Å². The minimum Gasteiger partial charge on any atom is -0.494 e. The van der Waals surface area contributed by atoms with Crippen LogP contribution in [-0.4, -0.2) is 27.3 Å². The Hall–Kier alpha value is -4.35. The molecule has 3 atom stereocenters. The highest BCUT2D eigenvalue weighted by atomic mass is 19.3. The first kappa shape index (κ1) is 28.8. The topological polar surface area (TPSA) is 69.0 Å². The maximum absolute atomic E-state index is 15.0. The molecule has 6 nitrogen and oxygen atoms in total. The van der Waals surface area contributed by atoms with Crippen molar-refractivity contribution < 1.29 is 35.9 Å². The molecule has 2 heterocycles. The monoisotopic (exact) mass is 600 g/mol. The van der Waals surface area contributed by atoms with Gasteiger partial charge in [0.25, 0.3) is 12.3 Å². The summed E-state index contributed by atoms with van der Waals surface area (Å²) < 4.78 is 91.9. The third-order valence-corrected chi connectivity index (χ3v) is 7.80. The standard InChI is InChI=1S/C31H26F6N4O2/c1-2-43-20-7-5-17(6-8-20)21-4-3-9-38-27(21)24(12-16-10-18(32)13-19(33)11-16)39-25(42)15-41-29-26(28(40-41)30(34)35)22-14-23(22)31(29,36)37/h3-11,13,22-24,30H,2,12,14-15H2,1H3,(H,39,42). The number of rotatable bonds is 10. The first-order valence-electron chi connectivity index (χ1n) is 13.8. The van der Waals surface area contributed by atoms with Crippen LogP contribution in [0.3, 0.4) is 0 Å². The molecular formula is C31H26F6N4O2. The molecule has 4 aromatic rings. The zero-order valence-corrected chi connectivity index (χ0v) is 22.8. The van der Waals surface area contributed by atoms with Gasteiger partial charge in [-0.3, -0.25) is 14.5 Å². The lowest BCUT2D eigenvalue weighted by Crippen LogP contribution is -2.35. The highest BCUT2D eigenvalue weighted by Crippen LogP contribution is 2.68. The van der Waals surface area contributed by atoms with Crippen molar-refractivity contribution >= 4 is 5.91 Å². The number of carbonyl (C=O) groups excluding carboxylic acids is 1. The van der Waals surface area contributed by atoms with Crippen molar-refractivity contribution in [1.29, 1.82) is 0 Å². The molecule has 2 aliphatic rings. The number of carbonyl (C=O) groups is 1. The van der Waals surface area contributed by atoms with Crippen LogP contribution < -0.4 is 10.1 Å². The van der Waals surface area contributed by atoms with Crippen LogP contribution in [0.5, 0.6) is 5.75 Å². The molecule has 2 aromatic heterocycles. The van der Waals surface area contributed by atoms with Gasteiger partial charge in [-0.15, -0.1) is 0 Å². The fraction of sp³-hybridized carbons (Fsp3) is 0.323. The van der Waals surface area contributed by atoms with Crippen LogP contribution in [0.1, 0.15) is 59.9 Å². The Labute approximate surface area is 242 Å². The van der Waals surface area contributed by atoms with Crippen LogP contribution >= 0.6 is 0 Å². The van der Waals surface area contributed by atoms with E-state index < -0.39 is 65.7 Å². The number of fused-ring (bicyclic) bond motifs is 3. The summed E-state index contributed by atoms with van der Waals surface area (Å²) in [6.45, 7) is 1.57. The predicted molar refractivity (Wildman–Crippen MR) is 144 cm³/mol. The molecule has 3 unspecified atom stereocenters. The zero-order valence-electron chi connectivity index (χ0n) is 22.8. The number of aromatic nitrogens is 3. The van der Waals surface area contributed by atoms with Gasteiger partial charge in [-0.1, -0.05) is 18.2 Å². The Balaban J connectivity index is 1.34. The van der Waals surface area contributed by atoms with Gasteiger partial charge in [-0.2, -0.15) is 13.9 Å². The lowest BCUT2D eigenvalue weighted by molar-refractivity contribution is -0.123. The third-order valence-electron chi connectivity index (χ3n) is 7.80. The number of ether oxygens (including phenoxy) is 1. The molecule has 0 bridgehead atoms. The van der Waals surface area contributed by atoms with E-state index in [2.05, 4.69) is 15.4 Å². The Morgan fingerprint density at radius 3 is 2.49 bits per heavy atom. The van der Waals surface area contributed by atoms with Crippen LogP contribution in [-0.2, 0) is 23.7 Å². The number of amides is 1. The number of benzene rings is 2. The summed E-state index contributed by atoms with van der Waals surface area (Å²) in [5, 5.41) is 6.45. The van der Waals surface area contributed by atoms with Gasteiger partial charge in [0, 0.05) is 29.3 Å². The van der Waals surface area contributed by atoms with Crippen molar-refractivity contribution in [2.24, 2.45) is 5.92 Å². The summed E-state index contributed by atoms with van der Waals surface area (Å²) in [5.74, 6) is -6.98. The summed E-state index contributed by atoms with van der Waals surface area (Å²) in [7, 11) is 0. The second-order valence-corrected chi connectivity index (χ2v) is 10.7. The van der Waals surface area contributed by atoms with Gasteiger partial charge in [0.2, 0.25) is 5.91 Å². The highest BCUT2D eigenvalue weighted by molar-refractivity contribution is 5.77. The van der Waals surface area contributed by atoms with Gasteiger partial charge in [0.05, 0.1) is 18.3 Å². The SMILES string of the molecule is CCOc1ccc(-c2cccnc2C(Cc2cc(F)cc(F)c2)NC(=O)Cn2nc(C(F)F)c3c2C(F)(F)C2CC32)cc1. The van der Waals surface area contributed by atoms with Gasteiger partial charge in [-0.25, -0.2) is 17.6 Å². The molecule has 12 heteroatoms. The molecule has 43 heavy (non-hydrogen) atoms. The van der Waals surface area contributed by atoms with E-state index in [4.69, 9.17) is 4.74 Å². The summed E-state index contributed by atoms with van der Waals surface area (Å²) in [4.78, 5) is 17.8. The lowest BCUT2D eigenvalue weighted by Gasteiger charge is -2.22. The van der Waals surface area contributed by atoms with E-state index in [1.807, 2.05) is 6.92 Å². The number of hydrogen-bond acceptors (Lipinski definition) is 4. The van der Waals surface area contributed by atoms with Gasteiger partial charge in [-0.05, 0) is 67.1 Å². The zero-order chi connectivity index (χ0) is 30.5. The minimum atomic E-state index is -3.39. The number of nitrogens with zero attached hydrogens (tertiary/aromatic N) is 3. The summed E-state index contributed by atoms with van der Waals surface area (Å²) in [6.07, 6.45) is -1.60. The first-order valence-corrected chi connectivity index (χ1v) is 13.8. The molecule has 1 saturated carbocycles. The third kappa shape index (κ3) is 5.46. The second-order valence-electron chi connectivity index (χ2n) is 10.7. The van der Waals surface area contributed by atoms with Gasteiger partial charge >= 0.3 is 0 Å². The lowest BCUT2D eigenvalue weighted by atomic mass is 9.95. The Morgan fingerprint density at radius 1 is 1.09 bits per heavy atom. The molecule has 0 aliphatic heterocycles. The maximum atomic E-state index is 15.0. The molecule has 224 valence electrons. The number of halogens is 6. The summed E-state index contributed by atoms with van der Waals surface area (Å²) >= 11 is 0. The molecule has 2 aliphatic carbocycles. The van der Waals surface area contributed by atoms with E-state index in [1.165, 1.54) is 6.20 Å². The van der Waals surface area contributed by atoms with Crippen molar-refractivity contribution in [2.75, 3.05) is 6.61 Å². The maximum Gasteiger partial charge on any atom is 0.293 e. The molecule has 1 fully saturated rings. The molecule has 2 aromatic carbocycles. The van der Waals surface area contributed by atoms with E-state index in [0.29, 0.717) is 39.9 Å². The quantitative estimate of drug-likeness (QED) is 0.202. The largest absolute Gasteiger partial charge is 0.494 e. The Bertz CT molecular complexity index is 1650. The average molecular weight is 601 g/mol. The van der Waals surface area contributed by atoms with Gasteiger partial charge in [0.1, 0.15) is 35.3 Å². The average Bonchev–Trinajstić information content (AvgIpc) is 3.61. The summed E-state index contributed by atoms with van der Waals surface area (Å²) in [5.41, 5.74) is 0.290. The Kier molecular flexibility index (Phi) is 7.39. The predicted octanol–water partition coefficient (Wildman–Crippen LogP) is 6.87. The fourth-order valence-corrected chi connectivity index (χ4v) is 5.97. The van der Waals surface area contributed by atoms with Crippen molar-refractivity contribution in [3.05, 3.63) is 101 Å². The van der Waals surface area contributed by atoms with Crippen molar-refractivity contribution in [1.82, 2.24) is 20.1 Å². The van der Waals surface area contributed by atoms with Gasteiger partial charge < -0.3 is 10.1 Å². The van der Waals surface area contributed by atoms with Crippen LogP contribution in [0.4, 0.5) is 26.3 Å². The first-order chi connectivity index (χ1) is 20.6. The van der Waals surface area contributed by atoms with Crippen LogP contribution in [0.15, 0.2) is 60.8 Å². The minimum absolute atomic E-state index is 0.0951. The Morgan fingerprint density at radius 2 is 1.81 bits per heavy atom. The molecule has 0 spiro atoms. The van der Waals surface area contributed by atoms with E-state index in [1.54, 1.807) is 36.4 Å². The molecule has 1 N–H and O–H groups in total. The van der Waals surface area contributed by atoms with E-state index >= 15 is 8.78 Å². The number of alkyl halides is 4. The van der Waals surface area contributed by atoms with Gasteiger partial charge in [0.15, 0.2) is 0 Å². The molecular weight excluding hydrogens is 574 g/mol. The molecule has 1 amide bonds. The number of hydrogen-bond donors (Lipinski definition) is 1. The smallest absolute Gasteiger partial charge is 0.293 e. The molecule has 6 rings (SSSR count). The van der Waals surface area contributed by atoms with Crippen molar-refractivity contribution in [2.45, 2.75) is 50.6 Å². The van der Waals surface area contributed by atoms with Crippen LogP contribution in [0.2, 0.25) is 0 Å². The highest BCUT2D eigenvalue weighted by Gasteiger charge is 2.67. The number of nitrogens with one attached hydrogen (secondary N) is 1. The normalized spacial score (nSPS) is 18.7. The fourth-order valence-electron chi connectivity index (χ4n) is 5.97.